The molecule has 4 amide bonds. The maximum atomic E-state index is 11.9. The first-order valence-corrected chi connectivity index (χ1v) is 6.22. The molecule has 0 atom stereocenters. The van der Waals surface area contributed by atoms with Crippen molar-refractivity contribution in [3.05, 3.63) is 24.3 Å². The van der Waals surface area contributed by atoms with Crippen molar-refractivity contribution in [3.8, 4) is 11.8 Å². The molecule has 0 radical (unpaired) electrons. The average Bonchev–Trinajstić information content (AvgIpc) is 2.39. The number of rotatable bonds is 2. The molecule has 1 aromatic rings. The van der Waals surface area contributed by atoms with E-state index in [1.54, 1.807) is 32.3 Å². The van der Waals surface area contributed by atoms with Crippen molar-refractivity contribution in [2.24, 2.45) is 0 Å². The van der Waals surface area contributed by atoms with Crippen molar-refractivity contribution < 1.29 is 14.4 Å². The van der Waals surface area contributed by atoms with Crippen LogP contribution in [0.2, 0.25) is 0 Å². The Hall–Kier alpha value is -2.81. The van der Waals surface area contributed by atoms with E-state index in [9.17, 15) is 14.4 Å². The van der Waals surface area contributed by atoms with Gasteiger partial charge in [0, 0.05) is 26.7 Å². The van der Waals surface area contributed by atoms with Gasteiger partial charge in [-0.1, -0.05) is 12.0 Å². The Bertz CT molecular complexity index is 627. The number of nitrogens with one attached hydrogen (secondary N) is 1. The standard InChI is InChI=1S/C15H17N3O3/c1-5-7-14(20)18(11(2)19)13-9-6-8-12(10-13)16-15(21)17(3)4/h6,8-10H,1-4H3,(H,16,21). The number of imide groups is 1. The molecule has 0 aliphatic heterocycles. The molecule has 0 aromatic heterocycles. The number of benzene rings is 1. The molecule has 1 N–H and O–H groups in total. The van der Waals surface area contributed by atoms with Crippen LogP contribution in [-0.2, 0) is 9.59 Å². The molecule has 0 spiro atoms. The molecule has 0 saturated heterocycles. The predicted octanol–water partition coefficient (Wildman–Crippen LogP) is 1.68. The van der Waals surface area contributed by atoms with Crippen molar-refractivity contribution in [2.75, 3.05) is 24.3 Å². The van der Waals surface area contributed by atoms with Crippen LogP contribution in [-0.4, -0.2) is 36.8 Å². The van der Waals surface area contributed by atoms with Crippen molar-refractivity contribution in [2.45, 2.75) is 13.8 Å². The molecule has 1 aromatic carbocycles. The summed E-state index contributed by atoms with van der Waals surface area (Å²) in [6.07, 6.45) is 0. The van der Waals surface area contributed by atoms with Crippen LogP contribution in [0.15, 0.2) is 24.3 Å². The molecule has 0 aliphatic carbocycles. The zero-order valence-corrected chi connectivity index (χ0v) is 12.4. The molecule has 6 nitrogen and oxygen atoms in total. The molecule has 0 saturated carbocycles. The van der Waals surface area contributed by atoms with E-state index in [1.807, 2.05) is 0 Å². The maximum absolute atomic E-state index is 11.9. The molecule has 0 aliphatic rings. The highest BCUT2D eigenvalue weighted by Gasteiger charge is 2.19. The lowest BCUT2D eigenvalue weighted by Crippen LogP contribution is -2.34. The molecule has 110 valence electrons. The summed E-state index contributed by atoms with van der Waals surface area (Å²) in [5, 5.41) is 2.65. The molecular weight excluding hydrogens is 270 g/mol. The minimum atomic E-state index is -0.610. The van der Waals surface area contributed by atoms with E-state index in [0.717, 1.165) is 4.90 Å². The third kappa shape index (κ3) is 4.35. The van der Waals surface area contributed by atoms with Crippen LogP contribution in [0.5, 0.6) is 0 Å². The fourth-order valence-electron chi connectivity index (χ4n) is 1.56. The summed E-state index contributed by atoms with van der Waals surface area (Å²) in [5.74, 6) is 3.73. The lowest BCUT2D eigenvalue weighted by Gasteiger charge is -2.18. The fourth-order valence-corrected chi connectivity index (χ4v) is 1.56. The first-order chi connectivity index (χ1) is 9.86. The molecule has 0 bridgehead atoms. The zero-order valence-electron chi connectivity index (χ0n) is 12.4. The van der Waals surface area contributed by atoms with E-state index in [-0.39, 0.29) is 6.03 Å². The van der Waals surface area contributed by atoms with Crippen LogP contribution >= 0.6 is 0 Å². The molecule has 0 unspecified atom stereocenters. The van der Waals surface area contributed by atoms with Crippen molar-refractivity contribution in [1.82, 2.24) is 4.90 Å². The second kappa shape index (κ2) is 7.10. The van der Waals surface area contributed by atoms with E-state index >= 15 is 0 Å². The third-order valence-corrected chi connectivity index (χ3v) is 2.51. The minimum Gasteiger partial charge on any atom is -0.331 e. The van der Waals surface area contributed by atoms with Crippen LogP contribution in [0.25, 0.3) is 0 Å². The number of carbonyl (C=O) groups is 3. The van der Waals surface area contributed by atoms with E-state index in [1.165, 1.54) is 24.8 Å². The normalized spacial score (nSPS) is 9.14. The number of amides is 4. The zero-order chi connectivity index (χ0) is 16.0. The van der Waals surface area contributed by atoms with E-state index in [0.29, 0.717) is 11.4 Å². The van der Waals surface area contributed by atoms with Gasteiger partial charge >= 0.3 is 11.9 Å². The predicted molar refractivity (Wildman–Crippen MR) is 80.8 cm³/mol. The summed E-state index contributed by atoms with van der Waals surface area (Å²) in [6.45, 7) is 2.80. The molecule has 21 heavy (non-hydrogen) atoms. The van der Waals surface area contributed by atoms with Crippen molar-refractivity contribution >= 4 is 29.2 Å². The van der Waals surface area contributed by atoms with Gasteiger partial charge in [-0.05, 0) is 31.0 Å². The van der Waals surface area contributed by atoms with Crippen LogP contribution < -0.4 is 10.2 Å². The summed E-state index contributed by atoms with van der Waals surface area (Å²) in [7, 11) is 3.23. The van der Waals surface area contributed by atoms with Gasteiger partial charge in [0.1, 0.15) is 0 Å². The topological polar surface area (TPSA) is 69.7 Å². The Kier molecular flexibility index (Phi) is 5.49. The second-order valence-corrected chi connectivity index (χ2v) is 4.41. The summed E-state index contributed by atoms with van der Waals surface area (Å²) >= 11 is 0. The van der Waals surface area contributed by atoms with Crippen LogP contribution in [0.1, 0.15) is 13.8 Å². The van der Waals surface area contributed by atoms with Gasteiger partial charge in [0.15, 0.2) is 0 Å². The lowest BCUT2D eigenvalue weighted by atomic mass is 10.2. The van der Waals surface area contributed by atoms with Gasteiger partial charge in [-0.15, -0.1) is 0 Å². The van der Waals surface area contributed by atoms with Gasteiger partial charge in [-0.25, -0.2) is 9.69 Å². The lowest BCUT2D eigenvalue weighted by molar-refractivity contribution is -0.122. The van der Waals surface area contributed by atoms with Crippen molar-refractivity contribution in [3.63, 3.8) is 0 Å². The summed E-state index contributed by atoms with van der Waals surface area (Å²) < 4.78 is 0. The van der Waals surface area contributed by atoms with Crippen LogP contribution in [0.4, 0.5) is 16.2 Å². The molecule has 1 rings (SSSR count). The van der Waals surface area contributed by atoms with E-state index < -0.39 is 11.8 Å². The van der Waals surface area contributed by atoms with Gasteiger partial charge in [0.25, 0.3) is 0 Å². The van der Waals surface area contributed by atoms with E-state index in [2.05, 4.69) is 17.2 Å². The Labute approximate surface area is 123 Å². The average molecular weight is 287 g/mol. The van der Waals surface area contributed by atoms with Gasteiger partial charge in [0.2, 0.25) is 5.91 Å². The molecule has 0 fully saturated rings. The number of hydrogen-bond acceptors (Lipinski definition) is 3. The first-order valence-electron chi connectivity index (χ1n) is 6.22. The Morgan fingerprint density at radius 2 is 1.86 bits per heavy atom. The SMILES string of the molecule is CC#CC(=O)N(C(C)=O)c1cccc(NC(=O)N(C)C)c1. The smallest absolute Gasteiger partial charge is 0.321 e. The highest BCUT2D eigenvalue weighted by Crippen LogP contribution is 2.20. The monoisotopic (exact) mass is 287 g/mol. The number of urea groups is 1. The van der Waals surface area contributed by atoms with Crippen molar-refractivity contribution in [1.29, 1.82) is 0 Å². The molecule has 0 heterocycles. The van der Waals surface area contributed by atoms with Gasteiger partial charge in [-0.2, -0.15) is 0 Å². The minimum absolute atomic E-state index is 0.304. The van der Waals surface area contributed by atoms with Crippen LogP contribution in [0, 0.1) is 11.8 Å². The maximum Gasteiger partial charge on any atom is 0.321 e. The number of anilines is 2. The Balaban J connectivity index is 3.10. The van der Waals surface area contributed by atoms with Gasteiger partial charge in [-0.3, -0.25) is 9.59 Å². The number of hydrogen-bond donors (Lipinski definition) is 1. The van der Waals surface area contributed by atoms with Crippen LogP contribution in [0.3, 0.4) is 0 Å². The summed E-state index contributed by atoms with van der Waals surface area (Å²) in [4.78, 5) is 37.5. The first kappa shape index (κ1) is 16.2. The number of nitrogens with zero attached hydrogens (tertiary/aromatic N) is 2. The Morgan fingerprint density at radius 3 is 2.38 bits per heavy atom. The highest BCUT2D eigenvalue weighted by atomic mass is 16.2. The fraction of sp³-hybridized carbons (Fsp3) is 0.267. The molecule has 6 heteroatoms. The Morgan fingerprint density at radius 1 is 1.19 bits per heavy atom. The van der Waals surface area contributed by atoms with Gasteiger partial charge in [0.05, 0.1) is 5.69 Å². The summed E-state index contributed by atoms with van der Waals surface area (Å²) in [6, 6.07) is 6.14. The van der Waals surface area contributed by atoms with Gasteiger partial charge < -0.3 is 10.2 Å². The van der Waals surface area contributed by atoms with E-state index in [4.69, 9.17) is 0 Å². The largest absolute Gasteiger partial charge is 0.331 e. The molecular formula is C15H17N3O3. The highest BCUT2D eigenvalue weighted by molar-refractivity contribution is 6.20. The number of carbonyl (C=O) groups excluding carboxylic acids is 3. The summed E-state index contributed by atoms with van der Waals surface area (Å²) in [5.41, 5.74) is 0.835. The third-order valence-electron chi connectivity index (χ3n) is 2.51. The quantitative estimate of drug-likeness (QED) is 0.841. The second-order valence-electron chi connectivity index (χ2n) is 4.41.